The molecule has 4 N–H and O–H groups in total. The van der Waals surface area contributed by atoms with Gasteiger partial charge < -0.3 is 24.5 Å². The molecule has 0 aromatic carbocycles. The molecule has 2 aromatic rings. The second-order valence-corrected chi connectivity index (χ2v) is 13.3. The summed E-state index contributed by atoms with van der Waals surface area (Å²) in [5.41, 5.74) is 5.62. The number of anilines is 1. The van der Waals surface area contributed by atoms with Crippen LogP contribution in [-0.4, -0.2) is 67.7 Å². The van der Waals surface area contributed by atoms with Gasteiger partial charge in [-0.1, -0.05) is 0 Å². The molecule has 0 aliphatic heterocycles. The van der Waals surface area contributed by atoms with Crippen LogP contribution in [0.4, 0.5) is 5.82 Å². The minimum absolute atomic E-state index is 0.120. The molecule has 2 aliphatic carbocycles. The van der Waals surface area contributed by atoms with Gasteiger partial charge in [0.15, 0.2) is 11.5 Å². The number of nitrogen functional groups attached to an aromatic ring is 1. The van der Waals surface area contributed by atoms with E-state index in [2.05, 4.69) is 25.1 Å². The van der Waals surface area contributed by atoms with Gasteiger partial charge in [0.2, 0.25) is 7.44 Å². The highest BCUT2D eigenvalue weighted by atomic mass is 31.2. The topological polar surface area (TPSA) is 173 Å². The second kappa shape index (κ2) is 12.3. The number of hydrogen-bond acceptors (Lipinski definition) is 10. The van der Waals surface area contributed by atoms with E-state index in [4.69, 9.17) is 19.9 Å². The van der Waals surface area contributed by atoms with Gasteiger partial charge in [-0.15, -0.1) is 0 Å². The molecule has 0 amide bonds. The Morgan fingerprint density at radius 2 is 1.77 bits per heavy atom. The third kappa shape index (κ3) is 7.53. The first kappa shape index (κ1) is 29.4. The van der Waals surface area contributed by atoms with E-state index in [1.165, 1.54) is 6.33 Å². The summed E-state index contributed by atoms with van der Waals surface area (Å²) in [4.78, 5) is 38.1. The van der Waals surface area contributed by atoms with E-state index in [1.807, 2.05) is 6.92 Å². The van der Waals surface area contributed by atoms with Crippen molar-refractivity contribution < 1.29 is 28.4 Å². The van der Waals surface area contributed by atoms with Gasteiger partial charge in [-0.05, 0) is 72.6 Å². The predicted octanol–water partition coefficient (Wildman–Crippen LogP) is 2.89. The van der Waals surface area contributed by atoms with Crippen molar-refractivity contribution in [3.8, 4) is 0 Å². The van der Waals surface area contributed by atoms with Crippen LogP contribution in [-0.2, 0) is 34.9 Å². The van der Waals surface area contributed by atoms with Crippen molar-refractivity contribution in [3.63, 3.8) is 0 Å². The summed E-state index contributed by atoms with van der Waals surface area (Å²) >= 11 is 0. The van der Waals surface area contributed by atoms with Gasteiger partial charge in [-0.25, -0.2) is 25.1 Å². The van der Waals surface area contributed by atoms with Crippen LogP contribution in [0.15, 0.2) is 12.7 Å². The van der Waals surface area contributed by atoms with Crippen molar-refractivity contribution in [1.29, 1.82) is 0 Å². The molecule has 13 nitrogen and oxygen atoms in total. The fourth-order valence-electron chi connectivity index (χ4n) is 4.62. The van der Waals surface area contributed by atoms with Crippen LogP contribution in [0.5, 0.6) is 0 Å². The summed E-state index contributed by atoms with van der Waals surface area (Å²) in [7, 11) is -3.68. The first-order chi connectivity index (χ1) is 18.5. The van der Waals surface area contributed by atoms with Gasteiger partial charge in [0.05, 0.1) is 19.0 Å². The number of aromatic nitrogens is 4. The number of nitrogens with one attached hydrogen (secondary N) is 2. The van der Waals surface area contributed by atoms with Crippen LogP contribution in [0.3, 0.4) is 0 Å². The zero-order valence-electron chi connectivity index (χ0n) is 23.1. The molecule has 0 bridgehead atoms. The minimum atomic E-state index is -3.68. The number of nitrogens with two attached hydrogens (primary N) is 1. The number of hydrogen-bond donors (Lipinski definition) is 3. The number of nitrogens with zero attached hydrogens (tertiary/aromatic N) is 4. The average Bonchev–Trinajstić information content (AvgIpc) is 3.50. The van der Waals surface area contributed by atoms with Gasteiger partial charge >= 0.3 is 11.9 Å². The van der Waals surface area contributed by atoms with E-state index in [1.54, 1.807) is 31.7 Å². The summed E-state index contributed by atoms with van der Waals surface area (Å²) < 4.78 is 33.1. The molecule has 2 aromatic heterocycles. The smallest absolute Gasteiger partial charge is 0.326 e. The maximum Gasteiger partial charge on any atom is 0.326 e. The van der Waals surface area contributed by atoms with Crippen LogP contribution in [0.1, 0.15) is 72.6 Å². The zero-order chi connectivity index (χ0) is 28.2. The van der Waals surface area contributed by atoms with Gasteiger partial charge in [0, 0.05) is 0 Å². The average molecular weight is 566 g/mol. The first-order valence-corrected chi connectivity index (χ1v) is 15.5. The molecule has 14 heteroatoms. The lowest BCUT2D eigenvalue weighted by molar-refractivity contribution is -0.159. The Labute approximate surface area is 228 Å². The number of fused-ring (bicyclic) bond motifs is 1. The summed E-state index contributed by atoms with van der Waals surface area (Å²) in [6, 6.07) is -0.890. The molecule has 4 rings (SSSR count). The fraction of sp³-hybridized carbons (Fsp3) is 0.720. The lowest BCUT2D eigenvalue weighted by Gasteiger charge is -2.35. The van der Waals surface area contributed by atoms with Gasteiger partial charge in [0.1, 0.15) is 42.0 Å². The Balaban J connectivity index is 1.43. The third-order valence-electron chi connectivity index (χ3n) is 7.06. The molecular formula is C25H40N7O6P. The van der Waals surface area contributed by atoms with Crippen LogP contribution in [0.2, 0.25) is 0 Å². The Morgan fingerprint density at radius 1 is 1.10 bits per heavy atom. The molecule has 0 radical (unpaired) electrons. The number of carbonyl (C=O) groups is 2. The molecule has 39 heavy (non-hydrogen) atoms. The standard InChI is InChI=1S/C25H40N7O6P/c1-16(12-32-14-29-20-21(26)27-13-28-22(20)32)36-15-39(35,30-17(2)23(33)37-18-8-5-6-9-18)31-25(3,4)24(34)38-19-10-7-11-19/h13-14,16-19H,5-12,15H2,1-4H3,(H2,26,27,28)(H2,30,31,35). The highest BCUT2D eigenvalue weighted by Gasteiger charge is 2.41. The van der Waals surface area contributed by atoms with E-state index >= 15 is 0 Å². The number of carbonyl (C=O) groups excluding carboxylic acids is 2. The van der Waals surface area contributed by atoms with E-state index in [0.717, 1.165) is 44.9 Å². The van der Waals surface area contributed by atoms with Gasteiger partial charge in [-0.3, -0.25) is 14.2 Å². The van der Waals surface area contributed by atoms with Crippen molar-refractivity contribution >= 4 is 36.4 Å². The Hall–Kier alpha value is -2.60. The van der Waals surface area contributed by atoms with E-state index in [0.29, 0.717) is 17.7 Å². The van der Waals surface area contributed by atoms with Crippen LogP contribution >= 0.6 is 7.44 Å². The van der Waals surface area contributed by atoms with Crippen molar-refractivity contribution in [2.24, 2.45) is 0 Å². The summed E-state index contributed by atoms with van der Waals surface area (Å²) in [5, 5.41) is 5.83. The molecule has 2 fully saturated rings. The number of rotatable bonds is 13. The fourth-order valence-corrected chi connectivity index (χ4v) is 7.01. The molecule has 0 spiro atoms. The van der Waals surface area contributed by atoms with E-state index in [-0.39, 0.29) is 24.4 Å². The lowest BCUT2D eigenvalue weighted by Crippen LogP contribution is -2.51. The van der Waals surface area contributed by atoms with Crippen LogP contribution in [0, 0.1) is 0 Å². The minimum Gasteiger partial charge on any atom is -0.461 e. The van der Waals surface area contributed by atoms with Gasteiger partial charge in [0.25, 0.3) is 0 Å². The normalized spacial score (nSPS) is 19.8. The maximum absolute atomic E-state index is 14.2. The molecule has 0 saturated heterocycles. The van der Waals surface area contributed by atoms with Crippen molar-refractivity contribution in [1.82, 2.24) is 29.7 Å². The van der Waals surface area contributed by atoms with Crippen molar-refractivity contribution in [3.05, 3.63) is 12.7 Å². The summed E-state index contributed by atoms with van der Waals surface area (Å²) in [6.45, 7) is 6.97. The Morgan fingerprint density at radius 3 is 2.44 bits per heavy atom. The van der Waals surface area contributed by atoms with E-state index in [9.17, 15) is 14.2 Å². The van der Waals surface area contributed by atoms with Crippen LogP contribution in [0.25, 0.3) is 11.2 Å². The molecule has 3 unspecified atom stereocenters. The monoisotopic (exact) mass is 565 g/mol. The largest absolute Gasteiger partial charge is 0.461 e. The SMILES string of the molecule is CC(Cn1cnc2c(N)ncnc21)OCP(=O)(NC(C)C(=O)OC1CCCC1)NC(C)(C)C(=O)OC1CCC1. The zero-order valence-corrected chi connectivity index (χ0v) is 24.0. The Kier molecular flexibility index (Phi) is 9.25. The molecule has 3 atom stereocenters. The number of imidazole rings is 1. The maximum atomic E-state index is 14.2. The van der Waals surface area contributed by atoms with Crippen molar-refractivity contribution in [2.75, 3.05) is 12.1 Å². The molecular weight excluding hydrogens is 525 g/mol. The Bertz CT molecular complexity index is 1210. The highest BCUT2D eigenvalue weighted by Crippen LogP contribution is 2.41. The molecule has 2 heterocycles. The predicted molar refractivity (Wildman–Crippen MR) is 145 cm³/mol. The summed E-state index contributed by atoms with van der Waals surface area (Å²) in [6.07, 6.45) is 8.34. The highest BCUT2D eigenvalue weighted by molar-refractivity contribution is 7.59. The summed E-state index contributed by atoms with van der Waals surface area (Å²) in [5.74, 6) is -0.723. The molecule has 2 saturated carbocycles. The number of esters is 2. The third-order valence-corrected chi connectivity index (χ3v) is 9.30. The van der Waals surface area contributed by atoms with Crippen molar-refractivity contribution in [2.45, 2.75) is 109 Å². The lowest BCUT2D eigenvalue weighted by atomic mass is 9.96. The van der Waals surface area contributed by atoms with Gasteiger partial charge in [-0.2, -0.15) is 0 Å². The molecule has 216 valence electrons. The van der Waals surface area contributed by atoms with E-state index < -0.39 is 37.1 Å². The van der Waals surface area contributed by atoms with Crippen LogP contribution < -0.4 is 15.9 Å². The number of ether oxygens (including phenoxy) is 3. The molecule has 2 aliphatic rings. The quantitative estimate of drug-likeness (QED) is 0.240. The first-order valence-electron chi connectivity index (χ1n) is 13.6. The second-order valence-electron chi connectivity index (χ2n) is 11.1.